The van der Waals surface area contributed by atoms with E-state index in [0.717, 1.165) is 23.3 Å². The molecule has 0 saturated carbocycles. The Morgan fingerprint density at radius 1 is 1.15 bits per heavy atom. The van der Waals surface area contributed by atoms with Crippen molar-refractivity contribution in [2.75, 3.05) is 13.2 Å². The van der Waals surface area contributed by atoms with E-state index in [2.05, 4.69) is 0 Å². The number of nitrogens with zero attached hydrogens (tertiary/aromatic N) is 1. The zero-order chi connectivity index (χ0) is 18.7. The minimum atomic E-state index is -1.05. The van der Waals surface area contributed by atoms with Crippen molar-refractivity contribution >= 4 is 11.9 Å². The summed E-state index contributed by atoms with van der Waals surface area (Å²) in [5, 5.41) is 9.12. The molecule has 0 fully saturated rings. The molecule has 7 heteroatoms. The Bertz CT molecular complexity index is 840. The van der Waals surface area contributed by atoms with Gasteiger partial charge in [-0.15, -0.1) is 0 Å². The molecule has 1 amide bonds. The highest BCUT2D eigenvalue weighted by atomic mass is 19.2. The van der Waals surface area contributed by atoms with Crippen LogP contribution >= 0.6 is 0 Å². The highest BCUT2D eigenvalue weighted by Gasteiger charge is 2.29. The molecule has 0 radical (unpaired) electrons. The van der Waals surface area contributed by atoms with Gasteiger partial charge in [-0.05, 0) is 23.3 Å². The van der Waals surface area contributed by atoms with Crippen molar-refractivity contribution in [3.05, 3.63) is 65.2 Å². The van der Waals surface area contributed by atoms with Gasteiger partial charge in [0.05, 0.1) is 6.42 Å². The molecular formula is C19H17F2NO4. The summed E-state index contributed by atoms with van der Waals surface area (Å²) in [5.74, 6) is -3.57. The first-order chi connectivity index (χ1) is 12.4. The first kappa shape index (κ1) is 17.8. The molecule has 26 heavy (non-hydrogen) atoms. The van der Waals surface area contributed by atoms with Crippen LogP contribution in [0.15, 0.2) is 42.5 Å². The summed E-state index contributed by atoms with van der Waals surface area (Å²) in [5.41, 5.74) is 1.83. The monoisotopic (exact) mass is 361 g/mol. The Labute approximate surface area is 148 Å². The van der Waals surface area contributed by atoms with Crippen molar-refractivity contribution in [1.82, 2.24) is 4.90 Å². The van der Waals surface area contributed by atoms with E-state index < -0.39 is 17.6 Å². The fourth-order valence-corrected chi connectivity index (χ4v) is 3.09. The maximum Gasteiger partial charge on any atom is 0.304 e. The van der Waals surface area contributed by atoms with Crippen LogP contribution in [0.3, 0.4) is 0 Å². The summed E-state index contributed by atoms with van der Waals surface area (Å²) in [6, 6.07) is 10.5. The Balaban J connectivity index is 1.69. The van der Waals surface area contributed by atoms with Crippen molar-refractivity contribution in [2.24, 2.45) is 0 Å². The number of amides is 1. The summed E-state index contributed by atoms with van der Waals surface area (Å²) in [4.78, 5) is 25.1. The smallest absolute Gasteiger partial charge is 0.304 e. The molecule has 0 aliphatic carbocycles. The molecule has 2 aromatic carbocycles. The van der Waals surface area contributed by atoms with Gasteiger partial charge in [0.15, 0.2) is 18.2 Å². The lowest BCUT2D eigenvalue weighted by atomic mass is 9.87. The van der Waals surface area contributed by atoms with Crippen LogP contribution in [0.25, 0.3) is 0 Å². The number of benzene rings is 2. The van der Waals surface area contributed by atoms with E-state index in [-0.39, 0.29) is 37.1 Å². The lowest BCUT2D eigenvalue weighted by Gasteiger charge is -2.34. The Kier molecular flexibility index (Phi) is 5.16. The molecule has 2 aromatic rings. The Morgan fingerprint density at radius 2 is 1.92 bits per heavy atom. The number of hydrogen-bond acceptors (Lipinski definition) is 3. The van der Waals surface area contributed by atoms with Gasteiger partial charge in [-0.2, -0.15) is 0 Å². The number of carbonyl (C=O) groups is 2. The highest BCUT2D eigenvalue weighted by molar-refractivity contribution is 5.78. The molecule has 1 heterocycles. The predicted octanol–water partition coefficient (Wildman–Crippen LogP) is 2.94. The van der Waals surface area contributed by atoms with Crippen LogP contribution in [0.2, 0.25) is 0 Å². The number of ether oxygens (including phenoxy) is 1. The number of rotatable bonds is 5. The van der Waals surface area contributed by atoms with Gasteiger partial charge in [0.1, 0.15) is 5.75 Å². The average Bonchev–Trinajstić information content (AvgIpc) is 2.62. The number of carbonyl (C=O) groups excluding carboxylic acids is 1. The molecule has 0 saturated heterocycles. The minimum Gasteiger partial charge on any atom is -0.484 e. The van der Waals surface area contributed by atoms with Gasteiger partial charge in [0.2, 0.25) is 0 Å². The van der Waals surface area contributed by atoms with Gasteiger partial charge in [0.25, 0.3) is 5.91 Å². The number of fused-ring (bicyclic) bond motifs is 1. The van der Waals surface area contributed by atoms with Crippen molar-refractivity contribution in [2.45, 2.75) is 18.9 Å². The molecule has 3 rings (SSSR count). The molecule has 1 unspecified atom stereocenters. The summed E-state index contributed by atoms with van der Waals surface area (Å²) in [6.07, 6.45) is -0.0785. The maximum absolute atomic E-state index is 13.2. The number of halogens is 2. The topological polar surface area (TPSA) is 66.8 Å². The van der Waals surface area contributed by atoms with E-state index in [9.17, 15) is 18.4 Å². The average molecular weight is 361 g/mol. The van der Waals surface area contributed by atoms with Crippen LogP contribution in [0.4, 0.5) is 8.78 Å². The van der Waals surface area contributed by atoms with Crippen LogP contribution in [-0.2, 0) is 16.1 Å². The number of carboxylic acid groups (broad SMARTS) is 1. The van der Waals surface area contributed by atoms with Crippen molar-refractivity contribution < 1.29 is 28.2 Å². The van der Waals surface area contributed by atoms with Crippen molar-refractivity contribution in [1.29, 1.82) is 0 Å². The molecule has 0 aromatic heterocycles. The molecule has 1 aliphatic heterocycles. The Morgan fingerprint density at radius 3 is 2.65 bits per heavy atom. The lowest BCUT2D eigenvalue weighted by Crippen LogP contribution is -2.41. The fourth-order valence-electron chi connectivity index (χ4n) is 3.09. The Hall–Kier alpha value is -2.96. The van der Waals surface area contributed by atoms with Crippen LogP contribution in [0.5, 0.6) is 5.75 Å². The standard InChI is InChI=1S/C19H17F2NO4/c20-16-6-5-14(8-17(16)21)26-11-18(23)22-9-12-3-1-2-4-15(12)13(10-22)7-19(24)25/h1-6,8,13H,7,9-11H2,(H,24,25). The zero-order valence-corrected chi connectivity index (χ0v) is 13.8. The third kappa shape index (κ3) is 3.99. The second-order valence-corrected chi connectivity index (χ2v) is 6.13. The van der Waals surface area contributed by atoms with E-state index >= 15 is 0 Å². The van der Waals surface area contributed by atoms with Gasteiger partial charge in [-0.3, -0.25) is 9.59 Å². The number of carboxylic acids is 1. The maximum atomic E-state index is 13.2. The van der Waals surface area contributed by atoms with E-state index in [1.807, 2.05) is 24.3 Å². The quantitative estimate of drug-likeness (QED) is 0.889. The number of aliphatic carboxylic acids is 1. The van der Waals surface area contributed by atoms with Crippen LogP contribution in [-0.4, -0.2) is 35.0 Å². The summed E-state index contributed by atoms with van der Waals surface area (Å²) in [6.45, 7) is 0.280. The third-order valence-electron chi connectivity index (χ3n) is 4.32. The van der Waals surface area contributed by atoms with Gasteiger partial charge >= 0.3 is 5.97 Å². The molecule has 136 valence electrons. The SMILES string of the molecule is O=C(O)CC1CN(C(=O)COc2ccc(F)c(F)c2)Cc2ccccc21. The second-order valence-electron chi connectivity index (χ2n) is 6.13. The molecular weight excluding hydrogens is 344 g/mol. The summed E-state index contributed by atoms with van der Waals surface area (Å²) >= 11 is 0. The second kappa shape index (κ2) is 7.51. The third-order valence-corrected chi connectivity index (χ3v) is 4.32. The lowest BCUT2D eigenvalue weighted by molar-refractivity contribution is -0.139. The molecule has 5 nitrogen and oxygen atoms in total. The van der Waals surface area contributed by atoms with Gasteiger partial charge < -0.3 is 14.7 Å². The largest absolute Gasteiger partial charge is 0.484 e. The summed E-state index contributed by atoms with van der Waals surface area (Å²) in [7, 11) is 0. The predicted molar refractivity (Wildman–Crippen MR) is 88.7 cm³/mol. The molecule has 1 aliphatic rings. The minimum absolute atomic E-state index is 0.0525. The van der Waals surface area contributed by atoms with E-state index in [0.29, 0.717) is 6.54 Å². The molecule has 0 spiro atoms. The molecule has 1 atom stereocenters. The number of hydrogen-bond donors (Lipinski definition) is 1. The van der Waals surface area contributed by atoms with Gasteiger partial charge in [0, 0.05) is 25.1 Å². The molecule has 1 N–H and O–H groups in total. The van der Waals surface area contributed by atoms with Gasteiger partial charge in [-0.25, -0.2) is 8.78 Å². The van der Waals surface area contributed by atoms with Crippen LogP contribution in [0.1, 0.15) is 23.5 Å². The zero-order valence-electron chi connectivity index (χ0n) is 13.8. The molecule has 0 bridgehead atoms. The first-order valence-corrected chi connectivity index (χ1v) is 8.09. The van der Waals surface area contributed by atoms with Crippen LogP contribution in [0, 0.1) is 11.6 Å². The summed E-state index contributed by atoms with van der Waals surface area (Å²) < 4.78 is 31.4. The highest BCUT2D eigenvalue weighted by Crippen LogP contribution is 2.30. The van der Waals surface area contributed by atoms with Crippen molar-refractivity contribution in [3.63, 3.8) is 0 Å². The van der Waals surface area contributed by atoms with E-state index in [4.69, 9.17) is 9.84 Å². The van der Waals surface area contributed by atoms with Crippen molar-refractivity contribution in [3.8, 4) is 5.75 Å². The normalized spacial score (nSPS) is 16.1. The van der Waals surface area contributed by atoms with E-state index in [1.165, 1.54) is 11.0 Å². The first-order valence-electron chi connectivity index (χ1n) is 8.09. The van der Waals surface area contributed by atoms with Crippen LogP contribution < -0.4 is 4.74 Å². The van der Waals surface area contributed by atoms with Gasteiger partial charge in [-0.1, -0.05) is 24.3 Å². The van der Waals surface area contributed by atoms with E-state index in [1.54, 1.807) is 0 Å². The fraction of sp³-hybridized carbons (Fsp3) is 0.263.